The Kier molecular flexibility index (Phi) is 2.21. The molecule has 1 aliphatic heterocycles. The Balaban J connectivity index is 1.95. The predicted molar refractivity (Wildman–Crippen MR) is 60.5 cm³/mol. The lowest BCUT2D eigenvalue weighted by Crippen LogP contribution is -2.23. The van der Waals surface area contributed by atoms with Crippen molar-refractivity contribution in [2.75, 3.05) is 6.61 Å². The highest BCUT2D eigenvalue weighted by atomic mass is 32.1. The minimum absolute atomic E-state index is 0.409. The molecule has 82 valence electrons. The van der Waals surface area contributed by atoms with Gasteiger partial charge in [-0.05, 0) is 44.3 Å². The zero-order valence-corrected chi connectivity index (χ0v) is 9.72. The number of H-pyrrole nitrogens is 1. The number of ether oxygens (including phenoxy) is 1. The second kappa shape index (κ2) is 3.46. The third-order valence-electron chi connectivity index (χ3n) is 3.52. The standard InChI is InChI=1S/C11H16N2OS/c1-7-6-12-11(15)13(7)9-4-5-14-10(9)8-2-3-8/h6,8-10H,2-5H2,1H3,(H,12,15). The van der Waals surface area contributed by atoms with Crippen molar-refractivity contribution in [3.8, 4) is 0 Å². The fourth-order valence-corrected chi connectivity index (χ4v) is 2.97. The summed E-state index contributed by atoms with van der Waals surface area (Å²) in [5, 5.41) is 0. The van der Waals surface area contributed by atoms with Crippen molar-refractivity contribution in [1.82, 2.24) is 9.55 Å². The molecule has 0 amide bonds. The van der Waals surface area contributed by atoms with Gasteiger partial charge in [-0.1, -0.05) is 0 Å². The Morgan fingerprint density at radius 2 is 2.27 bits per heavy atom. The van der Waals surface area contributed by atoms with Crippen LogP contribution in [0.1, 0.15) is 31.0 Å². The number of aryl methyl sites for hydroxylation is 1. The second-order valence-corrected chi connectivity index (χ2v) is 5.02. The van der Waals surface area contributed by atoms with Crippen LogP contribution in [0.4, 0.5) is 0 Å². The van der Waals surface area contributed by atoms with E-state index in [9.17, 15) is 0 Å². The fourth-order valence-electron chi connectivity index (χ4n) is 2.63. The molecule has 4 heteroatoms. The van der Waals surface area contributed by atoms with Crippen molar-refractivity contribution < 1.29 is 4.74 Å². The van der Waals surface area contributed by atoms with Crippen LogP contribution >= 0.6 is 12.2 Å². The van der Waals surface area contributed by atoms with Crippen molar-refractivity contribution in [3.63, 3.8) is 0 Å². The second-order valence-electron chi connectivity index (χ2n) is 4.63. The summed E-state index contributed by atoms with van der Waals surface area (Å²) in [4.78, 5) is 3.12. The van der Waals surface area contributed by atoms with E-state index in [1.165, 1.54) is 18.5 Å². The molecular formula is C11H16N2OS. The summed E-state index contributed by atoms with van der Waals surface area (Å²) in [5.41, 5.74) is 1.22. The molecule has 3 rings (SSSR count). The van der Waals surface area contributed by atoms with E-state index in [0.29, 0.717) is 12.1 Å². The molecule has 0 radical (unpaired) electrons. The third-order valence-corrected chi connectivity index (χ3v) is 3.84. The van der Waals surface area contributed by atoms with Crippen LogP contribution in [-0.2, 0) is 4.74 Å². The fraction of sp³-hybridized carbons (Fsp3) is 0.727. The van der Waals surface area contributed by atoms with Gasteiger partial charge in [0.2, 0.25) is 0 Å². The van der Waals surface area contributed by atoms with E-state index in [1.807, 2.05) is 6.20 Å². The van der Waals surface area contributed by atoms with Gasteiger partial charge in [-0.2, -0.15) is 0 Å². The number of hydrogen-bond acceptors (Lipinski definition) is 2. The van der Waals surface area contributed by atoms with E-state index in [0.717, 1.165) is 23.7 Å². The zero-order chi connectivity index (χ0) is 10.4. The van der Waals surface area contributed by atoms with Crippen LogP contribution in [0.25, 0.3) is 0 Å². The number of nitrogens with zero attached hydrogens (tertiary/aromatic N) is 1. The Morgan fingerprint density at radius 1 is 1.47 bits per heavy atom. The average molecular weight is 224 g/mol. The first-order chi connectivity index (χ1) is 7.27. The lowest BCUT2D eigenvalue weighted by atomic mass is 10.1. The van der Waals surface area contributed by atoms with Crippen molar-refractivity contribution in [2.45, 2.75) is 38.3 Å². The van der Waals surface area contributed by atoms with Gasteiger partial charge in [-0.15, -0.1) is 0 Å². The third kappa shape index (κ3) is 1.56. The van der Waals surface area contributed by atoms with E-state index in [2.05, 4.69) is 16.5 Å². The molecular weight excluding hydrogens is 208 g/mol. The molecule has 1 saturated carbocycles. The number of aromatic nitrogens is 2. The molecule has 0 bridgehead atoms. The number of aromatic amines is 1. The Bertz CT molecular complexity index is 418. The van der Waals surface area contributed by atoms with E-state index < -0.39 is 0 Å². The molecule has 2 fully saturated rings. The first-order valence-electron chi connectivity index (χ1n) is 5.65. The topological polar surface area (TPSA) is 29.9 Å². The average Bonchev–Trinajstić information content (AvgIpc) is 2.87. The largest absolute Gasteiger partial charge is 0.376 e. The van der Waals surface area contributed by atoms with E-state index >= 15 is 0 Å². The monoisotopic (exact) mass is 224 g/mol. The molecule has 15 heavy (non-hydrogen) atoms. The highest BCUT2D eigenvalue weighted by molar-refractivity contribution is 7.71. The molecule has 1 aliphatic carbocycles. The Morgan fingerprint density at radius 3 is 2.87 bits per heavy atom. The zero-order valence-electron chi connectivity index (χ0n) is 8.90. The molecule has 1 aromatic heterocycles. The van der Waals surface area contributed by atoms with Crippen LogP contribution < -0.4 is 0 Å². The van der Waals surface area contributed by atoms with Crippen molar-refractivity contribution in [3.05, 3.63) is 16.7 Å². The summed E-state index contributed by atoms with van der Waals surface area (Å²) in [6.45, 7) is 2.99. The maximum atomic E-state index is 5.84. The number of imidazole rings is 1. The van der Waals surface area contributed by atoms with Gasteiger partial charge in [0.15, 0.2) is 4.77 Å². The Hall–Kier alpha value is -0.610. The van der Waals surface area contributed by atoms with Gasteiger partial charge in [0, 0.05) is 18.5 Å². The van der Waals surface area contributed by atoms with Gasteiger partial charge in [0.25, 0.3) is 0 Å². The smallest absolute Gasteiger partial charge is 0.177 e. The van der Waals surface area contributed by atoms with Gasteiger partial charge in [-0.25, -0.2) is 0 Å². The summed E-state index contributed by atoms with van der Waals surface area (Å²) in [5.74, 6) is 0.786. The molecule has 1 aromatic rings. The molecule has 2 heterocycles. The van der Waals surface area contributed by atoms with Gasteiger partial charge in [0.05, 0.1) is 12.1 Å². The maximum Gasteiger partial charge on any atom is 0.177 e. The summed E-state index contributed by atoms with van der Waals surface area (Å²) in [7, 11) is 0. The van der Waals surface area contributed by atoms with Crippen molar-refractivity contribution >= 4 is 12.2 Å². The van der Waals surface area contributed by atoms with Gasteiger partial charge >= 0.3 is 0 Å². The van der Waals surface area contributed by atoms with Gasteiger partial charge in [-0.3, -0.25) is 0 Å². The normalized spacial score (nSPS) is 31.0. The van der Waals surface area contributed by atoms with Crippen molar-refractivity contribution in [1.29, 1.82) is 0 Å². The van der Waals surface area contributed by atoms with Crippen LogP contribution in [0.3, 0.4) is 0 Å². The summed E-state index contributed by atoms with van der Waals surface area (Å²) < 4.78 is 8.93. The lowest BCUT2D eigenvalue weighted by Gasteiger charge is -2.20. The molecule has 1 N–H and O–H groups in total. The molecule has 2 unspecified atom stereocenters. The quantitative estimate of drug-likeness (QED) is 0.783. The molecule has 1 saturated heterocycles. The molecule has 0 spiro atoms. The predicted octanol–water partition coefficient (Wildman–Crippen LogP) is 2.59. The van der Waals surface area contributed by atoms with E-state index in [-0.39, 0.29) is 0 Å². The lowest BCUT2D eigenvalue weighted by molar-refractivity contribution is 0.0744. The van der Waals surface area contributed by atoms with E-state index in [1.54, 1.807) is 0 Å². The number of hydrogen-bond donors (Lipinski definition) is 1. The molecule has 2 aliphatic rings. The summed E-state index contributed by atoms with van der Waals surface area (Å²) >= 11 is 5.32. The van der Waals surface area contributed by atoms with Crippen molar-refractivity contribution in [2.24, 2.45) is 5.92 Å². The first-order valence-corrected chi connectivity index (χ1v) is 6.06. The summed E-state index contributed by atoms with van der Waals surface area (Å²) in [6.07, 6.45) is 6.17. The Labute approximate surface area is 94.5 Å². The highest BCUT2D eigenvalue weighted by Gasteiger charge is 2.41. The van der Waals surface area contributed by atoms with Gasteiger partial charge in [0.1, 0.15) is 0 Å². The highest BCUT2D eigenvalue weighted by Crippen LogP contribution is 2.43. The minimum atomic E-state index is 0.409. The molecule has 0 aromatic carbocycles. The molecule has 2 atom stereocenters. The van der Waals surface area contributed by atoms with Crippen LogP contribution in [0.5, 0.6) is 0 Å². The van der Waals surface area contributed by atoms with E-state index in [4.69, 9.17) is 17.0 Å². The number of nitrogens with one attached hydrogen (secondary N) is 1. The van der Waals surface area contributed by atoms with Crippen LogP contribution in [0.2, 0.25) is 0 Å². The summed E-state index contributed by atoms with van der Waals surface area (Å²) in [6, 6.07) is 0.469. The van der Waals surface area contributed by atoms with Crippen LogP contribution in [0, 0.1) is 17.6 Å². The molecule has 3 nitrogen and oxygen atoms in total. The first kappa shape index (κ1) is 9.60. The minimum Gasteiger partial charge on any atom is -0.376 e. The van der Waals surface area contributed by atoms with Crippen LogP contribution in [0.15, 0.2) is 6.20 Å². The van der Waals surface area contributed by atoms with Gasteiger partial charge < -0.3 is 14.3 Å². The SMILES string of the molecule is Cc1c[nH]c(=S)n1C1CCOC1C1CC1. The van der Waals surface area contributed by atoms with Crippen LogP contribution in [-0.4, -0.2) is 22.3 Å². The number of rotatable bonds is 2. The maximum absolute atomic E-state index is 5.84.